The maximum absolute atomic E-state index is 12.4. The largest absolute Gasteiger partial charge is 0.484 e. The molecule has 0 atom stereocenters. The number of primary amides is 1. The smallest absolute Gasteiger partial charge is 0.266 e. The van der Waals surface area contributed by atoms with Gasteiger partial charge in [-0.3, -0.25) is 9.59 Å². The van der Waals surface area contributed by atoms with E-state index in [2.05, 4.69) is 5.32 Å². The molecule has 0 spiro atoms. The molecular weight excluding hydrogens is 330 g/mol. The highest BCUT2D eigenvalue weighted by molar-refractivity contribution is 6.09. The summed E-state index contributed by atoms with van der Waals surface area (Å²) in [6.07, 6.45) is 2.26. The van der Waals surface area contributed by atoms with Crippen molar-refractivity contribution < 1.29 is 14.3 Å². The van der Waals surface area contributed by atoms with Gasteiger partial charge in [-0.15, -0.1) is 0 Å². The number of hydrogen-bond acceptors (Lipinski definition) is 4. The summed E-state index contributed by atoms with van der Waals surface area (Å²) in [5, 5.41) is 12.1. The summed E-state index contributed by atoms with van der Waals surface area (Å²) in [6, 6.07) is 16.0. The minimum atomic E-state index is -0.565. The molecule has 0 unspecified atom stereocenters. The van der Waals surface area contributed by atoms with Gasteiger partial charge in [-0.2, -0.15) is 5.26 Å². The molecule has 0 saturated carbocycles. The minimum absolute atomic E-state index is 0.0123. The van der Waals surface area contributed by atoms with Crippen molar-refractivity contribution in [2.45, 2.75) is 13.3 Å². The first-order valence-corrected chi connectivity index (χ1v) is 8.05. The van der Waals surface area contributed by atoms with E-state index >= 15 is 0 Å². The number of benzene rings is 2. The SMILES string of the molecule is CCc1ccccc1NC(=O)/C(C#N)=C\c1ccc(OCC(N)=O)cc1. The Balaban J connectivity index is 2.12. The second-order valence-electron chi connectivity index (χ2n) is 5.46. The molecule has 0 radical (unpaired) electrons. The van der Waals surface area contributed by atoms with Gasteiger partial charge < -0.3 is 15.8 Å². The van der Waals surface area contributed by atoms with Gasteiger partial charge in [-0.1, -0.05) is 37.3 Å². The van der Waals surface area contributed by atoms with Crippen molar-refractivity contribution in [3.8, 4) is 11.8 Å². The zero-order chi connectivity index (χ0) is 18.9. The monoisotopic (exact) mass is 349 g/mol. The van der Waals surface area contributed by atoms with Crippen molar-refractivity contribution in [2.75, 3.05) is 11.9 Å². The van der Waals surface area contributed by atoms with Crippen LogP contribution in [-0.2, 0) is 16.0 Å². The summed E-state index contributed by atoms with van der Waals surface area (Å²) in [7, 11) is 0. The highest BCUT2D eigenvalue weighted by atomic mass is 16.5. The van der Waals surface area contributed by atoms with Crippen LogP contribution in [0.15, 0.2) is 54.1 Å². The zero-order valence-corrected chi connectivity index (χ0v) is 14.4. The molecule has 0 fully saturated rings. The van der Waals surface area contributed by atoms with Crippen molar-refractivity contribution in [3.05, 3.63) is 65.2 Å². The molecular formula is C20H19N3O3. The highest BCUT2D eigenvalue weighted by Gasteiger charge is 2.11. The standard InChI is InChI=1S/C20H19N3O3/c1-2-15-5-3-4-6-18(15)23-20(25)16(12-21)11-14-7-9-17(10-8-14)26-13-19(22)24/h3-11H,2,13H2,1H3,(H2,22,24)(H,23,25)/b16-11-. The van der Waals surface area contributed by atoms with Gasteiger partial charge in [0.2, 0.25) is 0 Å². The number of amides is 2. The van der Waals surface area contributed by atoms with Crippen molar-refractivity contribution in [1.82, 2.24) is 0 Å². The van der Waals surface area contributed by atoms with Gasteiger partial charge in [-0.05, 0) is 41.8 Å². The topological polar surface area (TPSA) is 105 Å². The lowest BCUT2D eigenvalue weighted by Crippen LogP contribution is -2.19. The van der Waals surface area contributed by atoms with Gasteiger partial charge in [0.15, 0.2) is 6.61 Å². The van der Waals surface area contributed by atoms with Crippen LogP contribution in [0.25, 0.3) is 6.08 Å². The van der Waals surface area contributed by atoms with Crippen LogP contribution in [0.1, 0.15) is 18.1 Å². The van der Waals surface area contributed by atoms with E-state index in [1.807, 2.05) is 31.2 Å². The molecule has 0 bridgehead atoms. The molecule has 0 heterocycles. The number of aryl methyl sites for hydroxylation is 1. The average molecular weight is 349 g/mol. The van der Waals surface area contributed by atoms with E-state index in [1.54, 1.807) is 30.3 Å². The summed E-state index contributed by atoms with van der Waals surface area (Å²) < 4.78 is 5.17. The van der Waals surface area contributed by atoms with Gasteiger partial charge in [0, 0.05) is 5.69 Å². The molecule has 6 nitrogen and oxygen atoms in total. The Kier molecular flexibility index (Phi) is 6.52. The number of carbonyl (C=O) groups is 2. The summed E-state index contributed by atoms with van der Waals surface area (Å²) in [5.74, 6) is -0.562. The van der Waals surface area contributed by atoms with E-state index in [9.17, 15) is 14.9 Å². The van der Waals surface area contributed by atoms with Crippen LogP contribution in [0.3, 0.4) is 0 Å². The number of nitrogens with two attached hydrogens (primary N) is 1. The van der Waals surface area contributed by atoms with Gasteiger partial charge in [0.1, 0.15) is 17.4 Å². The number of hydrogen-bond donors (Lipinski definition) is 2. The van der Waals surface area contributed by atoms with Crippen LogP contribution in [0.4, 0.5) is 5.69 Å². The molecule has 3 N–H and O–H groups in total. The second-order valence-corrected chi connectivity index (χ2v) is 5.46. The number of rotatable bonds is 7. The Morgan fingerprint density at radius 2 is 1.88 bits per heavy atom. The van der Waals surface area contributed by atoms with E-state index in [0.717, 1.165) is 12.0 Å². The van der Waals surface area contributed by atoms with Crippen LogP contribution in [0.5, 0.6) is 5.75 Å². The van der Waals surface area contributed by atoms with Crippen LogP contribution < -0.4 is 15.8 Å². The van der Waals surface area contributed by atoms with Gasteiger partial charge >= 0.3 is 0 Å². The maximum Gasteiger partial charge on any atom is 0.266 e. The quantitative estimate of drug-likeness (QED) is 0.592. The maximum atomic E-state index is 12.4. The molecule has 132 valence electrons. The third-order valence-electron chi connectivity index (χ3n) is 3.58. The number of carbonyl (C=O) groups excluding carboxylic acids is 2. The fraction of sp³-hybridized carbons (Fsp3) is 0.150. The lowest BCUT2D eigenvalue weighted by Gasteiger charge is -2.09. The summed E-state index contributed by atoms with van der Waals surface area (Å²) in [4.78, 5) is 23.1. The summed E-state index contributed by atoms with van der Waals surface area (Å²) in [6.45, 7) is 1.78. The molecule has 0 aromatic heterocycles. The number of ether oxygens (including phenoxy) is 1. The third-order valence-corrected chi connectivity index (χ3v) is 3.58. The number of para-hydroxylation sites is 1. The zero-order valence-electron chi connectivity index (χ0n) is 14.4. The van der Waals surface area contributed by atoms with Crippen molar-refractivity contribution >= 4 is 23.6 Å². The Labute approximate surface area is 151 Å². The first-order valence-electron chi connectivity index (χ1n) is 8.05. The second kappa shape index (κ2) is 9.04. The molecule has 2 aromatic carbocycles. The van der Waals surface area contributed by atoms with E-state index < -0.39 is 11.8 Å². The van der Waals surface area contributed by atoms with Gasteiger partial charge in [0.25, 0.3) is 11.8 Å². The van der Waals surface area contributed by atoms with E-state index in [4.69, 9.17) is 10.5 Å². The Hall–Kier alpha value is -3.59. The van der Waals surface area contributed by atoms with E-state index in [-0.39, 0.29) is 12.2 Å². The lowest BCUT2D eigenvalue weighted by molar-refractivity contribution is -0.120. The minimum Gasteiger partial charge on any atom is -0.484 e. The fourth-order valence-corrected chi connectivity index (χ4v) is 2.27. The Morgan fingerprint density at radius 3 is 2.50 bits per heavy atom. The molecule has 0 aliphatic rings. The highest BCUT2D eigenvalue weighted by Crippen LogP contribution is 2.18. The molecule has 26 heavy (non-hydrogen) atoms. The van der Waals surface area contributed by atoms with Crippen molar-refractivity contribution in [1.29, 1.82) is 5.26 Å². The third kappa shape index (κ3) is 5.21. The first kappa shape index (κ1) is 18.7. The molecule has 0 aliphatic carbocycles. The number of nitriles is 1. The number of nitrogens with one attached hydrogen (secondary N) is 1. The Morgan fingerprint density at radius 1 is 1.19 bits per heavy atom. The first-order chi connectivity index (χ1) is 12.5. The van der Waals surface area contributed by atoms with E-state index in [1.165, 1.54) is 6.08 Å². The summed E-state index contributed by atoms with van der Waals surface area (Å²) >= 11 is 0. The normalized spacial score (nSPS) is 10.7. The van der Waals surface area contributed by atoms with Gasteiger partial charge in [-0.25, -0.2) is 0 Å². The molecule has 2 amide bonds. The van der Waals surface area contributed by atoms with Crippen LogP contribution in [-0.4, -0.2) is 18.4 Å². The molecule has 0 saturated heterocycles. The van der Waals surface area contributed by atoms with Crippen LogP contribution in [0.2, 0.25) is 0 Å². The fourth-order valence-electron chi connectivity index (χ4n) is 2.27. The molecule has 0 aliphatic heterocycles. The molecule has 2 aromatic rings. The van der Waals surface area contributed by atoms with E-state index in [0.29, 0.717) is 17.0 Å². The average Bonchev–Trinajstić information content (AvgIpc) is 2.65. The predicted octanol–water partition coefficient (Wildman–Crippen LogP) is 2.66. The molecule has 2 rings (SSSR count). The van der Waals surface area contributed by atoms with Crippen molar-refractivity contribution in [2.24, 2.45) is 5.73 Å². The lowest BCUT2D eigenvalue weighted by atomic mass is 10.1. The number of nitrogens with zero attached hydrogens (tertiary/aromatic N) is 1. The summed E-state index contributed by atoms with van der Waals surface area (Å²) in [5.41, 5.74) is 7.35. The Bertz CT molecular complexity index is 865. The molecule has 6 heteroatoms. The van der Waals surface area contributed by atoms with Crippen molar-refractivity contribution in [3.63, 3.8) is 0 Å². The van der Waals surface area contributed by atoms with Crippen LogP contribution >= 0.6 is 0 Å². The van der Waals surface area contributed by atoms with Gasteiger partial charge in [0.05, 0.1) is 0 Å². The van der Waals surface area contributed by atoms with Crippen LogP contribution in [0, 0.1) is 11.3 Å². The number of anilines is 1. The predicted molar refractivity (Wildman–Crippen MR) is 99.2 cm³/mol.